The SMILES string of the molecule is O=S(=O)(Nc1cc(Br)ccc1Cl)c1ccc(CO)s1. The Labute approximate surface area is 128 Å². The summed E-state index contributed by atoms with van der Waals surface area (Å²) in [4.78, 5) is 0.584. The number of sulfonamides is 1. The summed E-state index contributed by atoms with van der Waals surface area (Å²) >= 11 is 10.2. The number of benzene rings is 1. The molecule has 0 aliphatic rings. The van der Waals surface area contributed by atoms with E-state index in [1.165, 1.54) is 6.07 Å². The van der Waals surface area contributed by atoms with Crippen molar-refractivity contribution in [1.29, 1.82) is 0 Å². The van der Waals surface area contributed by atoms with Gasteiger partial charge in [-0.25, -0.2) is 8.42 Å². The van der Waals surface area contributed by atoms with Crippen molar-refractivity contribution in [2.24, 2.45) is 0 Å². The van der Waals surface area contributed by atoms with Crippen molar-refractivity contribution in [3.63, 3.8) is 0 Å². The van der Waals surface area contributed by atoms with E-state index in [1.807, 2.05) is 0 Å². The van der Waals surface area contributed by atoms with Gasteiger partial charge in [0.2, 0.25) is 0 Å². The monoisotopic (exact) mass is 381 g/mol. The molecular formula is C11H9BrClNO3S2. The summed E-state index contributed by atoms with van der Waals surface area (Å²) in [6, 6.07) is 7.92. The Kier molecular flexibility index (Phi) is 4.52. The maximum atomic E-state index is 12.1. The molecule has 1 heterocycles. The Morgan fingerprint density at radius 3 is 2.68 bits per heavy atom. The van der Waals surface area contributed by atoms with Crippen molar-refractivity contribution in [2.75, 3.05) is 4.72 Å². The van der Waals surface area contributed by atoms with Crippen LogP contribution in [0.5, 0.6) is 0 Å². The summed E-state index contributed by atoms with van der Waals surface area (Å²) < 4.78 is 27.5. The van der Waals surface area contributed by atoms with E-state index in [4.69, 9.17) is 16.7 Å². The van der Waals surface area contributed by atoms with Crippen LogP contribution >= 0.6 is 38.9 Å². The average molecular weight is 383 g/mol. The molecule has 2 N–H and O–H groups in total. The van der Waals surface area contributed by atoms with Crippen LogP contribution in [-0.2, 0) is 16.6 Å². The van der Waals surface area contributed by atoms with Crippen molar-refractivity contribution in [2.45, 2.75) is 10.8 Å². The first-order chi connectivity index (χ1) is 8.92. The van der Waals surface area contributed by atoms with Crippen molar-refractivity contribution >= 4 is 54.6 Å². The summed E-state index contributed by atoms with van der Waals surface area (Å²) in [5, 5.41) is 9.27. The van der Waals surface area contributed by atoms with Gasteiger partial charge in [0.25, 0.3) is 10.0 Å². The van der Waals surface area contributed by atoms with E-state index in [9.17, 15) is 8.42 Å². The highest BCUT2D eigenvalue weighted by Crippen LogP contribution is 2.29. The Morgan fingerprint density at radius 2 is 2.05 bits per heavy atom. The lowest BCUT2D eigenvalue weighted by Gasteiger charge is -2.08. The number of thiophene rings is 1. The summed E-state index contributed by atoms with van der Waals surface area (Å²) in [6.07, 6.45) is 0. The third-order valence-electron chi connectivity index (χ3n) is 2.23. The smallest absolute Gasteiger partial charge is 0.271 e. The van der Waals surface area contributed by atoms with Crippen molar-refractivity contribution in [1.82, 2.24) is 0 Å². The van der Waals surface area contributed by atoms with E-state index in [-0.39, 0.29) is 10.8 Å². The molecule has 2 aromatic rings. The summed E-state index contributed by atoms with van der Waals surface area (Å²) in [7, 11) is -3.69. The summed E-state index contributed by atoms with van der Waals surface area (Å²) in [5.74, 6) is 0. The Bertz CT molecular complexity index is 700. The molecule has 0 saturated carbocycles. The first kappa shape index (κ1) is 14.8. The second-order valence-corrected chi connectivity index (χ2v) is 8.01. The van der Waals surface area contributed by atoms with Crippen LogP contribution < -0.4 is 4.72 Å². The predicted molar refractivity (Wildman–Crippen MR) is 80.2 cm³/mol. The first-order valence-electron chi connectivity index (χ1n) is 5.10. The quantitative estimate of drug-likeness (QED) is 0.851. The Hall–Kier alpha value is -0.600. The van der Waals surface area contributed by atoms with Crippen LogP contribution in [0.25, 0.3) is 0 Å². The van der Waals surface area contributed by atoms with Gasteiger partial charge in [-0.05, 0) is 30.3 Å². The van der Waals surface area contributed by atoms with E-state index in [0.29, 0.717) is 15.6 Å². The fourth-order valence-electron chi connectivity index (χ4n) is 1.36. The van der Waals surface area contributed by atoms with Crippen LogP contribution in [0.4, 0.5) is 5.69 Å². The normalized spacial score (nSPS) is 11.5. The maximum absolute atomic E-state index is 12.1. The van der Waals surface area contributed by atoms with Gasteiger partial charge in [-0.15, -0.1) is 11.3 Å². The van der Waals surface area contributed by atoms with E-state index < -0.39 is 10.0 Å². The number of aliphatic hydroxyl groups excluding tert-OH is 1. The summed E-state index contributed by atoms with van der Waals surface area (Å²) in [6.45, 7) is -0.183. The van der Waals surface area contributed by atoms with Crippen LogP contribution in [0.2, 0.25) is 5.02 Å². The van der Waals surface area contributed by atoms with Crippen molar-refractivity contribution in [3.05, 3.63) is 44.7 Å². The third kappa shape index (κ3) is 3.49. The number of nitrogens with one attached hydrogen (secondary N) is 1. The Balaban J connectivity index is 2.33. The van der Waals surface area contributed by atoms with Crippen molar-refractivity contribution < 1.29 is 13.5 Å². The second-order valence-electron chi connectivity index (χ2n) is 3.61. The molecule has 0 radical (unpaired) electrons. The molecule has 0 aliphatic carbocycles. The standard InChI is InChI=1S/C11H9BrClNO3S2/c12-7-1-3-9(13)10(5-7)14-19(16,17)11-4-2-8(6-15)18-11/h1-5,14-15H,6H2. The van der Waals surface area contributed by atoms with Gasteiger partial charge in [-0.2, -0.15) is 0 Å². The minimum Gasteiger partial charge on any atom is -0.391 e. The van der Waals surface area contributed by atoms with Crippen LogP contribution in [0.1, 0.15) is 4.88 Å². The molecule has 0 spiro atoms. The third-order valence-corrected chi connectivity index (χ3v) is 5.98. The molecule has 0 bridgehead atoms. The van der Waals surface area contributed by atoms with Gasteiger partial charge in [-0.3, -0.25) is 4.72 Å². The van der Waals surface area contributed by atoms with Gasteiger partial charge in [-0.1, -0.05) is 27.5 Å². The zero-order valence-corrected chi connectivity index (χ0v) is 13.4. The predicted octanol–water partition coefficient (Wildman–Crippen LogP) is 3.46. The highest BCUT2D eigenvalue weighted by atomic mass is 79.9. The molecular weight excluding hydrogens is 374 g/mol. The maximum Gasteiger partial charge on any atom is 0.271 e. The van der Waals surface area contributed by atoms with Crippen LogP contribution in [0.3, 0.4) is 0 Å². The van der Waals surface area contributed by atoms with E-state index in [1.54, 1.807) is 24.3 Å². The molecule has 0 amide bonds. The molecule has 19 heavy (non-hydrogen) atoms. The lowest BCUT2D eigenvalue weighted by atomic mass is 10.3. The molecule has 2 rings (SSSR count). The molecule has 1 aromatic heterocycles. The van der Waals surface area contributed by atoms with Gasteiger partial charge in [0.1, 0.15) is 4.21 Å². The second kappa shape index (κ2) is 5.80. The Morgan fingerprint density at radius 1 is 1.32 bits per heavy atom. The lowest BCUT2D eigenvalue weighted by Crippen LogP contribution is -2.11. The average Bonchev–Trinajstić information content (AvgIpc) is 2.83. The van der Waals surface area contributed by atoms with E-state index in [0.717, 1.165) is 15.8 Å². The number of aliphatic hydroxyl groups is 1. The minimum atomic E-state index is -3.69. The summed E-state index contributed by atoms with van der Waals surface area (Å²) in [5.41, 5.74) is 0.301. The van der Waals surface area contributed by atoms with Gasteiger partial charge < -0.3 is 5.11 Å². The zero-order chi connectivity index (χ0) is 14.0. The first-order valence-corrected chi connectivity index (χ1v) is 8.57. The van der Waals surface area contributed by atoms with Crippen LogP contribution in [-0.4, -0.2) is 13.5 Å². The lowest BCUT2D eigenvalue weighted by molar-refractivity contribution is 0.285. The highest BCUT2D eigenvalue weighted by molar-refractivity contribution is 9.10. The molecule has 102 valence electrons. The molecule has 0 saturated heterocycles. The number of rotatable bonds is 4. The number of hydrogen-bond donors (Lipinski definition) is 2. The van der Waals surface area contributed by atoms with Gasteiger partial charge >= 0.3 is 0 Å². The fraction of sp³-hybridized carbons (Fsp3) is 0.0909. The number of hydrogen-bond acceptors (Lipinski definition) is 4. The molecule has 1 aromatic carbocycles. The van der Waals surface area contributed by atoms with Gasteiger partial charge in [0, 0.05) is 9.35 Å². The molecule has 0 atom stereocenters. The fourth-order valence-corrected chi connectivity index (χ4v) is 4.23. The van der Waals surface area contributed by atoms with Crippen molar-refractivity contribution in [3.8, 4) is 0 Å². The van der Waals surface area contributed by atoms with E-state index >= 15 is 0 Å². The molecule has 0 aliphatic heterocycles. The number of halogens is 2. The van der Waals surface area contributed by atoms with Crippen LogP contribution in [0, 0.1) is 0 Å². The van der Waals surface area contributed by atoms with E-state index in [2.05, 4.69) is 20.7 Å². The zero-order valence-electron chi connectivity index (χ0n) is 9.43. The minimum absolute atomic E-state index is 0.132. The molecule has 4 nitrogen and oxygen atoms in total. The highest BCUT2D eigenvalue weighted by Gasteiger charge is 2.18. The van der Waals surface area contributed by atoms with Gasteiger partial charge in [0.05, 0.1) is 17.3 Å². The molecule has 0 fully saturated rings. The molecule has 8 heteroatoms. The topological polar surface area (TPSA) is 66.4 Å². The van der Waals surface area contributed by atoms with Gasteiger partial charge in [0.15, 0.2) is 0 Å². The molecule has 0 unspecified atom stereocenters. The van der Waals surface area contributed by atoms with Crippen LogP contribution in [0.15, 0.2) is 39.0 Å². The largest absolute Gasteiger partial charge is 0.391 e. The number of anilines is 1.